The average Bonchev–Trinajstić information content (AvgIpc) is 2.95. The van der Waals surface area contributed by atoms with Gasteiger partial charge in [-0.05, 0) is 44.0 Å². The maximum atomic E-state index is 14.1. The van der Waals surface area contributed by atoms with Crippen molar-refractivity contribution in [2.24, 2.45) is 0 Å². The highest BCUT2D eigenvalue weighted by Crippen LogP contribution is 2.35. The summed E-state index contributed by atoms with van der Waals surface area (Å²) in [6.45, 7) is 4.52. The lowest BCUT2D eigenvalue weighted by Gasteiger charge is -2.20. The Kier molecular flexibility index (Phi) is 7.01. The first kappa shape index (κ1) is 21.8. The number of amides is 1. The van der Waals surface area contributed by atoms with Crippen molar-refractivity contribution < 1.29 is 17.6 Å². The molecule has 156 valence electrons. The van der Waals surface area contributed by atoms with Crippen LogP contribution in [0.4, 0.5) is 4.39 Å². The van der Waals surface area contributed by atoms with Gasteiger partial charge in [0.15, 0.2) is 9.84 Å². The number of hydrogen-bond donors (Lipinski definition) is 0. The first-order valence-corrected chi connectivity index (χ1v) is 12.3. The first-order chi connectivity index (χ1) is 13.8. The Morgan fingerprint density at radius 3 is 2.48 bits per heavy atom. The van der Waals surface area contributed by atoms with E-state index >= 15 is 0 Å². The highest BCUT2D eigenvalue weighted by atomic mass is 32.2. The molecule has 4 nitrogen and oxygen atoms in total. The van der Waals surface area contributed by atoms with E-state index in [0.29, 0.717) is 25.1 Å². The fourth-order valence-corrected chi connectivity index (χ4v) is 5.67. The summed E-state index contributed by atoms with van der Waals surface area (Å²) in [6, 6.07) is 13.4. The lowest BCUT2D eigenvalue weighted by Crippen LogP contribution is -2.34. The molecule has 7 heteroatoms. The second-order valence-electron chi connectivity index (χ2n) is 7.46. The molecule has 0 aromatic heterocycles. The number of rotatable bonds is 5. The Morgan fingerprint density at radius 1 is 1.14 bits per heavy atom. The average molecular weight is 436 g/mol. The highest BCUT2D eigenvalue weighted by Gasteiger charge is 2.24. The minimum Gasteiger partial charge on any atom is -0.342 e. The second kappa shape index (κ2) is 9.30. The summed E-state index contributed by atoms with van der Waals surface area (Å²) < 4.78 is 38.5. The van der Waals surface area contributed by atoms with Gasteiger partial charge < -0.3 is 4.90 Å². The first-order valence-electron chi connectivity index (χ1n) is 9.75. The molecular formula is C22H26FNO3S2. The maximum Gasteiger partial charge on any atom is 0.227 e. The van der Waals surface area contributed by atoms with Crippen LogP contribution in [0.5, 0.6) is 0 Å². The Hall–Kier alpha value is -1.86. The van der Waals surface area contributed by atoms with Crippen LogP contribution in [0.1, 0.15) is 36.6 Å². The molecule has 1 unspecified atom stereocenters. The molecular weight excluding hydrogens is 409 g/mol. The monoisotopic (exact) mass is 435 g/mol. The van der Waals surface area contributed by atoms with Crippen LogP contribution in [0.3, 0.4) is 0 Å². The highest BCUT2D eigenvalue weighted by molar-refractivity contribution is 7.99. The van der Waals surface area contributed by atoms with Crippen molar-refractivity contribution in [1.29, 1.82) is 0 Å². The normalized spacial score (nSPS) is 17.9. The van der Waals surface area contributed by atoms with E-state index in [4.69, 9.17) is 0 Å². The summed E-state index contributed by atoms with van der Waals surface area (Å²) in [5.74, 6) is 0.580. The number of benzene rings is 2. The fraction of sp³-hybridized carbons (Fsp3) is 0.409. The zero-order valence-corrected chi connectivity index (χ0v) is 18.3. The number of nitrogens with zero attached hydrogens (tertiary/aromatic N) is 1. The quantitative estimate of drug-likeness (QED) is 0.704. The third-order valence-corrected chi connectivity index (χ3v) is 8.65. The third kappa shape index (κ3) is 5.20. The van der Waals surface area contributed by atoms with Crippen LogP contribution in [0.25, 0.3) is 0 Å². The van der Waals surface area contributed by atoms with Gasteiger partial charge in [-0.25, -0.2) is 12.8 Å². The second-order valence-corrected chi connectivity index (χ2v) is 11.3. The van der Waals surface area contributed by atoms with Crippen molar-refractivity contribution in [3.05, 3.63) is 65.5 Å². The molecule has 0 N–H and O–H groups in total. The van der Waals surface area contributed by atoms with Crippen molar-refractivity contribution in [3.8, 4) is 0 Å². The molecule has 0 saturated carbocycles. The van der Waals surface area contributed by atoms with E-state index in [9.17, 15) is 17.6 Å². The number of hydrogen-bond acceptors (Lipinski definition) is 4. The summed E-state index contributed by atoms with van der Waals surface area (Å²) in [5.41, 5.74) is 1.49. The smallest absolute Gasteiger partial charge is 0.227 e. The van der Waals surface area contributed by atoms with E-state index in [1.54, 1.807) is 55.9 Å². The largest absolute Gasteiger partial charge is 0.342 e. The van der Waals surface area contributed by atoms with Gasteiger partial charge in [0.2, 0.25) is 5.91 Å². The standard InChI is InChI=1S/C22H26FNO3S2/c1-16(2)29(26,27)18-9-7-17(8-10-18)15-22(25)24-12-11-21(28-14-13-24)19-5-3-4-6-20(19)23/h3-10,16,21H,11-15H2,1-2H3. The van der Waals surface area contributed by atoms with E-state index in [-0.39, 0.29) is 28.3 Å². The molecule has 3 rings (SSSR count). The Balaban J connectivity index is 1.62. The van der Waals surface area contributed by atoms with Gasteiger partial charge in [0.1, 0.15) is 5.82 Å². The minimum absolute atomic E-state index is 0.0132. The molecule has 1 fully saturated rings. The molecule has 1 atom stereocenters. The van der Waals surface area contributed by atoms with Gasteiger partial charge in [-0.15, -0.1) is 0 Å². The van der Waals surface area contributed by atoms with E-state index in [1.807, 2.05) is 17.0 Å². The Bertz CT molecular complexity index is 958. The van der Waals surface area contributed by atoms with Crippen molar-refractivity contribution in [2.45, 2.75) is 42.1 Å². The van der Waals surface area contributed by atoms with Gasteiger partial charge in [0, 0.05) is 29.7 Å². The summed E-state index contributed by atoms with van der Waals surface area (Å²) in [7, 11) is -3.31. The van der Waals surface area contributed by atoms with Crippen molar-refractivity contribution in [1.82, 2.24) is 4.90 Å². The van der Waals surface area contributed by atoms with Gasteiger partial charge in [-0.3, -0.25) is 4.79 Å². The van der Waals surface area contributed by atoms with Crippen LogP contribution in [0, 0.1) is 5.82 Å². The van der Waals surface area contributed by atoms with Crippen LogP contribution < -0.4 is 0 Å². The Labute approximate surface area is 176 Å². The summed E-state index contributed by atoms with van der Waals surface area (Å²) in [4.78, 5) is 14.9. The molecule has 1 heterocycles. The van der Waals surface area contributed by atoms with Gasteiger partial charge in [-0.2, -0.15) is 11.8 Å². The van der Waals surface area contributed by atoms with E-state index in [1.165, 1.54) is 6.07 Å². The SMILES string of the molecule is CC(C)S(=O)(=O)c1ccc(CC(=O)N2CCSC(c3ccccc3F)CC2)cc1. The predicted molar refractivity (Wildman–Crippen MR) is 115 cm³/mol. The van der Waals surface area contributed by atoms with Crippen molar-refractivity contribution in [3.63, 3.8) is 0 Å². The molecule has 2 aromatic rings. The fourth-order valence-electron chi connectivity index (χ4n) is 3.36. The van der Waals surface area contributed by atoms with Gasteiger partial charge in [-0.1, -0.05) is 30.3 Å². The number of thioether (sulfide) groups is 1. The zero-order valence-electron chi connectivity index (χ0n) is 16.7. The summed E-state index contributed by atoms with van der Waals surface area (Å²) in [5, 5.41) is -0.429. The number of sulfone groups is 1. The lowest BCUT2D eigenvalue weighted by molar-refractivity contribution is -0.130. The molecule has 0 radical (unpaired) electrons. The lowest BCUT2D eigenvalue weighted by atomic mass is 10.1. The molecule has 1 aliphatic heterocycles. The van der Waals surface area contributed by atoms with Crippen LogP contribution >= 0.6 is 11.8 Å². The van der Waals surface area contributed by atoms with E-state index < -0.39 is 15.1 Å². The van der Waals surface area contributed by atoms with Gasteiger partial charge in [0.25, 0.3) is 0 Å². The van der Waals surface area contributed by atoms with Crippen LogP contribution in [-0.4, -0.2) is 43.3 Å². The zero-order chi connectivity index (χ0) is 21.0. The number of carbonyl (C=O) groups is 1. The maximum absolute atomic E-state index is 14.1. The number of halogens is 1. The summed E-state index contributed by atoms with van der Waals surface area (Å²) in [6.07, 6.45) is 0.944. The van der Waals surface area contributed by atoms with E-state index in [0.717, 1.165) is 11.3 Å². The van der Waals surface area contributed by atoms with Gasteiger partial charge in [0.05, 0.1) is 16.6 Å². The van der Waals surface area contributed by atoms with Gasteiger partial charge >= 0.3 is 0 Å². The summed E-state index contributed by atoms with van der Waals surface area (Å²) >= 11 is 1.69. The van der Waals surface area contributed by atoms with Crippen molar-refractivity contribution in [2.75, 3.05) is 18.8 Å². The Morgan fingerprint density at radius 2 is 1.83 bits per heavy atom. The number of carbonyl (C=O) groups excluding carboxylic acids is 1. The molecule has 0 spiro atoms. The molecule has 1 amide bonds. The van der Waals surface area contributed by atoms with Crippen LogP contribution in [-0.2, 0) is 21.1 Å². The van der Waals surface area contributed by atoms with Crippen LogP contribution in [0.2, 0.25) is 0 Å². The van der Waals surface area contributed by atoms with Crippen LogP contribution in [0.15, 0.2) is 53.4 Å². The van der Waals surface area contributed by atoms with E-state index in [2.05, 4.69) is 0 Å². The topological polar surface area (TPSA) is 54.5 Å². The third-order valence-electron chi connectivity index (χ3n) is 5.17. The molecule has 0 aliphatic carbocycles. The molecule has 1 saturated heterocycles. The van der Waals surface area contributed by atoms with Crippen molar-refractivity contribution >= 4 is 27.5 Å². The molecule has 29 heavy (non-hydrogen) atoms. The molecule has 1 aliphatic rings. The minimum atomic E-state index is -3.31. The molecule has 0 bridgehead atoms. The molecule has 2 aromatic carbocycles. The predicted octanol–water partition coefficient (Wildman–Crippen LogP) is 4.26.